The van der Waals surface area contributed by atoms with E-state index in [0.29, 0.717) is 11.6 Å². The van der Waals surface area contributed by atoms with Gasteiger partial charge in [0.15, 0.2) is 5.69 Å². The van der Waals surface area contributed by atoms with Crippen LogP contribution in [0.1, 0.15) is 42.5 Å². The average Bonchev–Trinajstić information content (AvgIpc) is 2.23. The van der Waals surface area contributed by atoms with Crippen molar-refractivity contribution in [2.45, 2.75) is 33.1 Å². The molecule has 1 heterocycles. The molecule has 0 unspecified atom stereocenters. The Bertz CT molecular complexity index is 366. The highest BCUT2D eigenvalue weighted by Crippen LogP contribution is 2.07. The van der Waals surface area contributed by atoms with Crippen molar-refractivity contribution in [3.05, 3.63) is 17.6 Å². The van der Waals surface area contributed by atoms with Crippen LogP contribution in [-0.4, -0.2) is 27.6 Å². The zero-order valence-electron chi connectivity index (χ0n) is 9.66. The third kappa shape index (κ3) is 3.84. The van der Waals surface area contributed by atoms with Crippen LogP contribution >= 0.6 is 0 Å². The summed E-state index contributed by atoms with van der Waals surface area (Å²) in [5.41, 5.74) is 0.0329. The molecule has 0 radical (unpaired) electrons. The molecule has 1 aromatic heterocycles. The fourth-order valence-electron chi connectivity index (χ4n) is 1.36. The van der Waals surface area contributed by atoms with Crippen LogP contribution in [-0.2, 0) is 0 Å². The summed E-state index contributed by atoms with van der Waals surface area (Å²) in [6.07, 6.45) is 3.37. The molecule has 2 N–H and O–H groups in total. The van der Waals surface area contributed by atoms with Crippen molar-refractivity contribution in [1.82, 2.24) is 9.97 Å². The Morgan fingerprint density at radius 1 is 1.44 bits per heavy atom. The molecular weight excluding hydrogens is 206 g/mol. The summed E-state index contributed by atoms with van der Waals surface area (Å²) in [5, 5.41) is 11.9. The maximum Gasteiger partial charge on any atom is 0.354 e. The smallest absolute Gasteiger partial charge is 0.354 e. The fraction of sp³-hybridized carbons (Fsp3) is 0.545. The summed E-state index contributed by atoms with van der Waals surface area (Å²) in [7, 11) is 0. The van der Waals surface area contributed by atoms with Gasteiger partial charge < -0.3 is 10.4 Å². The van der Waals surface area contributed by atoms with Gasteiger partial charge in [-0.05, 0) is 13.3 Å². The average molecular weight is 223 g/mol. The quantitative estimate of drug-likeness (QED) is 0.722. The molecule has 0 aliphatic heterocycles. The molecule has 16 heavy (non-hydrogen) atoms. The van der Waals surface area contributed by atoms with Gasteiger partial charge in [-0.1, -0.05) is 19.8 Å². The van der Waals surface area contributed by atoms with Crippen molar-refractivity contribution in [2.24, 2.45) is 0 Å². The van der Waals surface area contributed by atoms with Gasteiger partial charge >= 0.3 is 5.97 Å². The van der Waals surface area contributed by atoms with Gasteiger partial charge in [0.2, 0.25) is 0 Å². The van der Waals surface area contributed by atoms with Crippen LogP contribution < -0.4 is 5.32 Å². The molecule has 0 fully saturated rings. The zero-order valence-corrected chi connectivity index (χ0v) is 9.66. The van der Waals surface area contributed by atoms with E-state index in [1.807, 2.05) is 0 Å². The van der Waals surface area contributed by atoms with E-state index in [1.165, 1.54) is 6.07 Å². The number of hydrogen-bond donors (Lipinski definition) is 2. The lowest BCUT2D eigenvalue weighted by Crippen LogP contribution is -2.09. The molecule has 0 aromatic carbocycles. The van der Waals surface area contributed by atoms with Crippen molar-refractivity contribution in [2.75, 3.05) is 11.9 Å². The molecular formula is C11H17N3O2. The number of carboxylic acid groups (broad SMARTS) is 1. The summed E-state index contributed by atoms with van der Waals surface area (Å²) >= 11 is 0. The highest BCUT2D eigenvalue weighted by Gasteiger charge is 2.07. The molecule has 1 rings (SSSR count). The van der Waals surface area contributed by atoms with Crippen LogP contribution in [0.15, 0.2) is 6.07 Å². The topological polar surface area (TPSA) is 75.1 Å². The number of rotatable bonds is 6. The number of unbranched alkanes of at least 4 members (excludes halogenated alkanes) is 2. The lowest BCUT2D eigenvalue weighted by atomic mass is 10.2. The normalized spacial score (nSPS) is 10.1. The summed E-state index contributed by atoms with van der Waals surface area (Å²) in [6.45, 7) is 4.63. The third-order valence-corrected chi connectivity index (χ3v) is 2.14. The number of anilines is 1. The first kappa shape index (κ1) is 12.4. The third-order valence-electron chi connectivity index (χ3n) is 2.14. The van der Waals surface area contributed by atoms with Crippen molar-refractivity contribution in [1.29, 1.82) is 0 Å². The predicted octanol–water partition coefficient (Wildman–Crippen LogP) is 2.09. The van der Waals surface area contributed by atoms with Crippen LogP contribution in [0.2, 0.25) is 0 Å². The summed E-state index contributed by atoms with van der Waals surface area (Å²) in [6, 6.07) is 1.46. The SMILES string of the molecule is CCCCCNc1cc(C(=O)O)nc(C)n1. The monoisotopic (exact) mass is 223 g/mol. The number of hydrogen-bond acceptors (Lipinski definition) is 4. The number of nitrogens with zero attached hydrogens (tertiary/aromatic N) is 2. The molecule has 5 nitrogen and oxygen atoms in total. The van der Waals surface area contributed by atoms with Crippen LogP contribution in [0.25, 0.3) is 0 Å². The van der Waals surface area contributed by atoms with Crippen molar-refractivity contribution in [3.63, 3.8) is 0 Å². The maximum atomic E-state index is 10.8. The van der Waals surface area contributed by atoms with E-state index >= 15 is 0 Å². The largest absolute Gasteiger partial charge is 0.477 e. The number of aryl methyl sites for hydroxylation is 1. The Hall–Kier alpha value is -1.65. The molecule has 5 heteroatoms. The Morgan fingerprint density at radius 3 is 2.81 bits per heavy atom. The second-order valence-electron chi connectivity index (χ2n) is 3.62. The molecule has 88 valence electrons. The van der Waals surface area contributed by atoms with Crippen LogP contribution in [0.4, 0.5) is 5.82 Å². The Morgan fingerprint density at radius 2 is 2.19 bits per heavy atom. The minimum Gasteiger partial charge on any atom is -0.477 e. The second kappa shape index (κ2) is 6.05. The van der Waals surface area contributed by atoms with Gasteiger partial charge in [0, 0.05) is 12.6 Å². The van der Waals surface area contributed by atoms with E-state index in [1.54, 1.807) is 6.92 Å². The minimum atomic E-state index is -1.03. The Balaban J connectivity index is 2.62. The second-order valence-corrected chi connectivity index (χ2v) is 3.62. The van der Waals surface area contributed by atoms with Crippen LogP contribution in [0.3, 0.4) is 0 Å². The van der Waals surface area contributed by atoms with Crippen molar-refractivity contribution >= 4 is 11.8 Å². The van der Waals surface area contributed by atoms with Gasteiger partial charge in [-0.3, -0.25) is 0 Å². The summed E-state index contributed by atoms with van der Waals surface area (Å²) < 4.78 is 0. The highest BCUT2D eigenvalue weighted by atomic mass is 16.4. The summed E-state index contributed by atoms with van der Waals surface area (Å²) in [4.78, 5) is 18.7. The molecule has 0 spiro atoms. The molecule has 1 aromatic rings. The standard InChI is InChI=1S/C11H17N3O2/c1-3-4-5-6-12-10-7-9(11(15)16)13-8(2)14-10/h7H,3-6H2,1-2H3,(H,15,16)(H,12,13,14). The molecule has 0 saturated heterocycles. The predicted molar refractivity (Wildman–Crippen MR) is 61.7 cm³/mol. The first-order chi connectivity index (χ1) is 7.63. The van der Waals surface area contributed by atoms with E-state index in [-0.39, 0.29) is 5.69 Å². The van der Waals surface area contributed by atoms with Gasteiger partial charge in [-0.15, -0.1) is 0 Å². The number of carboxylic acids is 1. The molecule has 0 bridgehead atoms. The summed E-state index contributed by atoms with van der Waals surface area (Å²) in [5.74, 6) is 0.0287. The van der Waals surface area contributed by atoms with Crippen molar-refractivity contribution in [3.8, 4) is 0 Å². The lowest BCUT2D eigenvalue weighted by Gasteiger charge is -2.06. The zero-order chi connectivity index (χ0) is 12.0. The lowest BCUT2D eigenvalue weighted by molar-refractivity contribution is 0.0690. The Labute approximate surface area is 94.9 Å². The van der Waals surface area contributed by atoms with Gasteiger partial charge in [0.05, 0.1) is 0 Å². The number of aromatic nitrogens is 2. The fourth-order valence-corrected chi connectivity index (χ4v) is 1.36. The van der Waals surface area contributed by atoms with Gasteiger partial charge in [0.25, 0.3) is 0 Å². The maximum absolute atomic E-state index is 10.8. The molecule has 0 aliphatic carbocycles. The van der Waals surface area contributed by atoms with Gasteiger partial charge in [-0.25, -0.2) is 14.8 Å². The van der Waals surface area contributed by atoms with E-state index < -0.39 is 5.97 Å². The van der Waals surface area contributed by atoms with Crippen LogP contribution in [0.5, 0.6) is 0 Å². The minimum absolute atomic E-state index is 0.0329. The Kier molecular flexibility index (Phi) is 4.69. The van der Waals surface area contributed by atoms with E-state index in [9.17, 15) is 4.79 Å². The van der Waals surface area contributed by atoms with E-state index in [2.05, 4.69) is 22.2 Å². The van der Waals surface area contributed by atoms with Crippen LogP contribution in [0, 0.1) is 6.92 Å². The molecule has 0 saturated carbocycles. The first-order valence-corrected chi connectivity index (χ1v) is 5.46. The highest BCUT2D eigenvalue weighted by molar-refractivity contribution is 5.86. The van der Waals surface area contributed by atoms with E-state index in [0.717, 1.165) is 25.8 Å². The van der Waals surface area contributed by atoms with Gasteiger partial charge in [-0.2, -0.15) is 0 Å². The van der Waals surface area contributed by atoms with Gasteiger partial charge in [0.1, 0.15) is 11.6 Å². The molecule has 0 aliphatic rings. The first-order valence-electron chi connectivity index (χ1n) is 5.46. The molecule has 0 amide bonds. The van der Waals surface area contributed by atoms with E-state index in [4.69, 9.17) is 5.11 Å². The number of carbonyl (C=O) groups is 1. The number of aromatic carboxylic acids is 1. The molecule has 0 atom stereocenters. The number of nitrogens with one attached hydrogen (secondary N) is 1. The van der Waals surface area contributed by atoms with Crippen molar-refractivity contribution < 1.29 is 9.90 Å².